The summed E-state index contributed by atoms with van der Waals surface area (Å²) in [6.45, 7) is 0. The van der Waals surface area contributed by atoms with Gasteiger partial charge in [-0.3, -0.25) is 0 Å². The second-order valence-electron chi connectivity index (χ2n) is 13.0. The molecule has 0 fully saturated rings. The monoisotopic (exact) mass is 666 g/mol. The third-order valence-electron chi connectivity index (χ3n) is 9.92. The highest BCUT2D eigenvalue weighted by atomic mass is 16.4. The topological polar surface area (TPSA) is 77.8 Å². The van der Waals surface area contributed by atoms with E-state index in [1.165, 1.54) is 5.39 Å². The van der Waals surface area contributed by atoms with Crippen molar-refractivity contribution in [1.29, 1.82) is 0 Å². The lowest BCUT2D eigenvalue weighted by atomic mass is 9.97. The van der Waals surface area contributed by atoms with Crippen molar-refractivity contribution in [1.82, 2.24) is 19.9 Å². The van der Waals surface area contributed by atoms with Crippen LogP contribution < -0.4 is 0 Å². The van der Waals surface area contributed by atoms with Crippen LogP contribution in [0.3, 0.4) is 0 Å². The normalized spacial score (nSPS) is 11.8. The van der Waals surface area contributed by atoms with Crippen molar-refractivity contribution in [2.75, 3.05) is 0 Å². The molecule has 11 rings (SSSR count). The summed E-state index contributed by atoms with van der Waals surface area (Å²) in [4.78, 5) is 20.3. The molecular weight excluding hydrogens is 641 g/mol. The Morgan fingerprint density at radius 2 is 1.04 bits per heavy atom. The number of oxazole rings is 1. The molecule has 8 aromatic carbocycles. The number of rotatable bonds is 4. The Morgan fingerprint density at radius 3 is 1.90 bits per heavy atom. The van der Waals surface area contributed by atoms with Gasteiger partial charge in [-0.25, -0.2) is 19.9 Å². The lowest BCUT2D eigenvalue weighted by Crippen LogP contribution is -2.01. The average molecular weight is 667 g/mol. The van der Waals surface area contributed by atoms with Gasteiger partial charge < -0.3 is 8.83 Å². The molecule has 0 spiro atoms. The van der Waals surface area contributed by atoms with Crippen molar-refractivity contribution in [3.8, 4) is 45.6 Å². The van der Waals surface area contributed by atoms with Crippen LogP contribution in [0.1, 0.15) is 0 Å². The van der Waals surface area contributed by atoms with Crippen molar-refractivity contribution in [2.45, 2.75) is 0 Å². The zero-order valence-electron chi connectivity index (χ0n) is 27.6. The lowest BCUT2D eigenvalue weighted by Gasteiger charge is -2.13. The van der Waals surface area contributed by atoms with Crippen LogP contribution >= 0.6 is 0 Å². The van der Waals surface area contributed by atoms with E-state index in [-0.39, 0.29) is 0 Å². The molecule has 0 aliphatic rings. The Labute approximate surface area is 296 Å². The fourth-order valence-corrected chi connectivity index (χ4v) is 7.41. The van der Waals surface area contributed by atoms with Crippen molar-refractivity contribution in [3.05, 3.63) is 158 Å². The minimum absolute atomic E-state index is 0.531. The van der Waals surface area contributed by atoms with Gasteiger partial charge in [-0.1, -0.05) is 115 Å². The van der Waals surface area contributed by atoms with Crippen LogP contribution in [0.2, 0.25) is 0 Å². The van der Waals surface area contributed by atoms with Gasteiger partial charge in [0, 0.05) is 33.5 Å². The molecule has 0 aliphatic carbocycles. The van der Waals surface area contributed by atoms with Crippen molar-refractivity contribution < 1.29 is 8.83 Å². The number of hydrogen-bond acceptors (Lipinski definition) is 6. The highest BCUT2D eigenvalue weighted by molar-refractivity contribution is 6.14. The first-order valence-corrected chi connectivity index (χ1v) is 17.2. The molecule has 0 saturated carbocycles. The van der Waals surface area contributed by atoms with E-state index in [0.717, 1.165) is 65.5 Å². The molecule has 52 heavy (non-hydrogen) atoms. The molecule has 3 heterocycles. The van der Waals surface area contributed by atoms with Gasteiger partial charge in [0.05, 0.1) is 5.56 Å². The minimum Gasteiger partial charge on any atom is -0.455 e. The fourth-order valence-electron chi connectivity index (χ4n) is 7.41. The summed E-state index contributed by atoms with van der Waals surface area (Å²) in [6, 6.07) is 53.7. The van der Waals surface area contributed by atoms with Crippen molar-refractivity contribution in [2.24, 2.45) is 0 Å². The Bertz CT molecular complexity index is 3200. The number of hydrogen-bond donors (Lipinski definition) is 0. The molecule has 0 amide bonds. The molecular formula is C46H26N4O2. The quantitative estimate of drug-likeness (QED) is 0.174. The van der Waals surface area contributed by atoms with Crippen LogP contribution in [0.15, 0.2) is 167 Å². The summed E-state index contributed by atoms with van der Waals surface area (Å²) in [5.41, 5.74) is 6.39. The van der Waals surface area contributed by atoms with E-state index in [1.807, 2.05) is 54.6 Å². The Kier molecular flexibility index (Phi) is 6.15. The summed E-state index contributed by atoms with van der Waals surface area (Å²) in [5, 5.41) is 8.69. The van der Waals surface area contributed by atoms with E-state index in [9.17, 15) is 0 Å². The van der Waals surface area contributed by atoms with Gasteiger partial charge in [-0.05, 0) is 68.7 Å². The first-order valence-electron chi connectivity index (χ1n) is 17.2. The minimum atomic E-state index is 0.531. The summed E-state index contributed by atoms with van der Waals surface area (Å²) in [6.07, 6.45) is 0. The maximum Gasteiger partial charge on any atom is 0.227 e. The maximum atomic E-state index is 6.66. The van der Waals surface area contributed by atoms with E-state index >= 15 is 0 Å². The molecule has 0 atom stereocenters. The molecule has 3 aromatic heterocycles. The van der Waals surface area contributed by atoms with Gasteiger partial charge in [-0.15, -0.1) is 0 Å². The van der Waals surface area contributed by atoms with Gasteiger partial charge in [0.1, 0.15) is 16.7 Å². The predicted molar refractivity (Wildman–Crippen MR) is 209 cm³/mol. The number of nitrogens with zero attached hydrogens (tertiary/aromatic N) is 4. The van der Waals surface area contributed by atoms with Gasteiger partial charge in [0.2, 0.25) is 5.89 Å². The van der Waals surface area contributed by atoms with Crippen LogP contribution in [0.5, 0.6) is 0 Å². The third kappa shape index (κ3) is 4.51. The SMILES string of the molecule is c1ccc(-c2nc3cc4oc5c(-c6nc(-c7ccc8ccccc8c7)nc(-c7cc8ccccc8c8ccccc78)n6)cccc5c4cc3o2)cc1. The van der Waals surface area contributed by atoms with Gasteiger partial charge in [0.15, 0.2) is 23.1 Å². The first kappa shape index (κ1) is 28.6. The number of aromatic nitrogens is 4. The molecule has 0 saturated heterocycles. The predicted octanol–water partition coefficient (Wildman–Crippen LogP) is 12.0. The molecule has 0 unspecified atom stereocenters. The average Bonchev–Trinajstić information content (AvgIpc) is 3.80. The molecule has 0 N–H and O–H groups in total. The fraction of sp³-hybridized carbons (Fsp3) is 0. The van der Waals surface area contributed by atoms with Crippen LogP contribution in [0.25, 0.3) is 111 Å². The Morgan fingerprint density at radius 1 is 0.346 bits per heavy atom. The highest BCUT2D eigenvalue weighted by Crippen LogP contribution is 2.40. The largest absolute Gasteiger partial charge is 0.455 e. The highest BCUT2D eigenvalue weighted by Gasteiger charge is 2.21. The number of furan rings is 1. The first-order chi connectivity index (χ1) is 25.7. The van der Waals surface area contributed by atoms with Crippen LogP contribution in [0, 0.1) is 0 Å². The van der Waals surface area contributed by atoms with Crippen LogP contribution in [0.4, 0.5) is 0 Å². The van der Waals surface area contributed by atoms with Crippen molar-refractivity contribution >= 4 is 65.4 Å². The molecule has 0 bridgehead atoms. The third-order valence-corrected chi connectivity index (χ3v) is 9.92. The molecule has 242 valence electrons. The molecule has 11 aromatic rings. The number of fused-ring (bicyclic) bond motifs is 8. The molecule has 6 heteroatoms. The van der Waals surface area contributed by atoms with Gasteiger partial charge in [0.25, 0.3) is 0 Å². The van der Waals surface area contributed by atoms with Gasteiger partial charge in [-0.2, -0.15) is 0 Å². The van der Waals surface area contributed by atoms with E-state index < -0.39 is 0 Å². The summed E-state index contributed by atoms with van der Waals surface area (Å²) in [7, 11) is 0. The summed E-state index contributed by atoms with van der Waals surface area (Å²) in [5.74, 6) is 2.29. The zero-order chi connectivity index (χ0) is 34.2. The van der Waals surface area contributed by atoms with Crippen molar-refractivity contribution in [3.63, 3.8) is 0 Å². The summed E-state index contributed by atoms with van der Waals surface area (Å²) < 4.78 is 12.9. The molecule has 0 aliphatic heterocycles. The second-order valence-corrected chi connectivity index (χ2v) is 13.0. The van der Waals surface area contributed by atoms with E-state index in [4.69, 9.17) is 28.8 Å². The van der Waals surface area contributed by atoms with E-state index in [1.54, 1.807) is 0 Å². The smallest absolute Gasteiger partial charge is 0.227 e. The standard InChI is InChI=1S/C46H26N4O2/c1-2-12-28(13-3-1)46-47-39-26-40-37(25-41(39)52-46)35-19-10-20-36(42(35)51-40)44-48-43(31-22-21-27-11-4-5-14-29(27)23-31)49-45(50-44)38-24-30-15-6-7-16-32(30)33-17-8-9-18-34(33)38/h1-26H. The number of benzene rings is 8. The molecule has 6 nitrogen and oxygen atoms in total. The molecule has 0 radical (unpaired) electrons. The maximum absolute atomic E-state index is 6.66. The van der Waals surface area contributed by atoms with E-state index in [2.05, 4.69) is 103 Å². The Balaban J connectivity index is 1.15. The van der Waals surface area contributed by atoms with E-state index in [0.29, 0.717) is 40.1 Å². The van der Waals surface area contributed by atoms with Crippen LogP contribution in [-0.4, -0.2) is 19.9 Å². The zero-order valence-corrected chi connectivity index (χ0v) is 27.6. The van der Waals surface area contributed by atoms with Crippen LogP contribution in [-0.2, 0) is 0 Å². The second kappa shape index (κ2) is 11.2. The Hall–Kier alpha value is -7.18. The number of para-hydroxylation sites is 1. The lowest BCUT2D eigenvalue weighted by molar-refractivity contribution is 0.620. The summed E-state index contributed by atoms with van der Waals surface area (Å²) >= 11 is 0. The van der Waals surface area contributed by atoms with Gasteiger partial charge >= 0.3 is 0 Å².